The maximum Gasteiger partial charge on any atom is 0.250 e. The Bertz CT molecular complexity index is 1360. The number of carbonyl (C=O) groups excluding carboxylic acids is 2. The molecule has 35 heavy (non-hydrogen) atoms. The average molecular weight is 466 g/mol. The first-order valence-corrected chi connectivity index (χ1v) is 11.9. The van der Waals surface area contributed by atoms with Crippen molar-refractivity contribution in [1.29, 1.82) is 0 Å². The van der Waals surface area contributed by atoms with Crippen LogP contribution in [0.25, 0.3) is 22.0 Å². The van der Waals surface area contributed by atoms with Crippen molar-refractivity contribution in [3.05, 3.63) is 78.8 Å². The van der Waals surface area contributed by atoms with Crippen LogP contribution in [0.4, 0.5) is 17.1 Å². The van der Waals surface area contributed by atoms with E-state index in [-0.39, 0.29) is 11.8 Å². The number of fused-ring (bicyclic) bond motifs is 1. The summed E-state index contributed by atoms with van der Waals surface area (Å²) in [5.74, 6) is -0.316. The van der Waals surface area contributed by atoms with Crippen LogP contribution in [0.15, 0.2) is 73.2 Å². The molecule has 0 spiro atoms. The van der Waals surface area contributed by atoms with E-state index in [1.807, 2.05) is 48.5 Å². The predicted molar refractivity (Wildman–Crippen MR) is 138 cm³/mol. The molecule has 0 bridgehead atoms. The Kier molecular flexibility index (Phi) is 6.39. The highest BCUT2D eigenvalue weighted by molar-refractivity contribution is 6.02. The van der Waals surface area contributed by atoms with Crippen LogP contribution >= 0.6 is 0 Å². The summed E-state index contributed by atoms with van der Waals surface area (Å²) in [6.07, 6.45) is 10.4. The quantitative estimate of drug-likeness (QED) is 0.340. The van der Waals surface area contributed by atoms with E-state index in [0.29, 0.717) is 5.56 Å². The Morgan fingerprint density at radius 2 is 1.57 bits per heavy atom. The van der Waals surface area contributed by atoms with Crippen molar-refractivity contribution in [3.8, 4) is 11.1 Å². The molecule has 0 saturated heterocycles. The molecule has 176 valence electrons. The van der Waals surface area contributed by atoms with Crippen LogP contribution in [-0.2, 0) is 4.79 Å². The maximum absolute atomic E-state index is 12.6. The molecule has 1 fully saturated rings. The van der Waals surface area contributed by atoms with Crippen LogP contribution in [0.5, 0.6) is 0 Å². The van der Waals surface area contributed by atoms with Gasteiger partial charge in [0.25, 0.3) is 0 Å². The van der Waals surface area contributed by atoms with Crippen molar-refractivity contribution in [1.82, 2.24) is 9.97 Å². The number of nitrogens with two attached hydrogens (primary N) is 1. The van der Waals surface area contributed by atoms with E-state index in [1.165, 1.54) is 12.6 Å². The van der Waals surface area contributed by atoms with E-state index in [1.54, 1.807) is 18.5 Å². The second kappa shape index (κ2) is 9.93. The first-order chi connectivity index (χ1) is 17.1. The lowest BCUT2D eigenvalue weighted by Crippen LogP contribution is -2.24. The van der Waals surface area contributed by atoms with Gasteiger partial charge >= 0.3 is 0 Å². The molecule has 7 heteroatoms. The maximum atomic E-state index is 12.6. The number of nitrogens with one attached hydrogen (secondary N) is 2. The van der Waals surface area contributed by atoms with Gasteiger partial charge in [0.2, 0.25) is 11.8 Å². The highest BCUT2D eigenvalue weighted by Gasteiger charge is 2.21. The standard InChI is InChI=1S/C28H27N5O2/c29-27(34)21-14-24-25(31-17-21)15-20(18-10-12-30-13-11-18)16-26(24)32-22-6-8-23(9-7-22)33-28(35)19-4-2-1-3-5-19/h6-17,19,32H,1-5H2,(H2,29,34)(H,33,35). The zero-order valence-electron chi connectivity index (χ0n) is 19.3. The van der Waals surface area contributed by atoms with Gasteiger partial charge in [-0.2, -0.15) is 0 Å². The zero-order valence-corrected chi connectivity index (χ0v) is 19.3. The molecule has 2 aromatic carbocycles. The van der Waals surface area contributed by atoms with Gasteiger partial charge < -0.3 is 16.4 Å². The molecule has 4 aromatic rings. The van der Waals surface area contributed by atoms with Crippen molar-refractivity contribution in [2.75, 3.05) is 10.6 Å². The SMILES string of the molecule is NC(=O)c1cnc2cc(-c3ccncc3)cc(Nc3ccc(NC(=O)C4CCCCC4)cc3)c2c1. The number of primary amides is 1. The van der Waals surface area contributed by atoms with E-state index in [2.05, 4.69) is 20.6 Å². The molecule has 5 rings (SSSR count). The number of amides is 2. The minimum atomic E-state index is -0.526. The normalized spacial score (nSPS) is 13.9. The van der Waals surface area contributed by atoms with Gasteiger partial charge in [-0.1, -0.05) is 19.3 Å². The third kappa shape index (κ3) is 5.14. The topological polar surface area (TPSA) is 110 Å². The fourth-order valence-electron chi connectivity index (χ4n) is 4.58. The molecular weight excluding hydrogens is 438 g/mol. The van der Waals surface area contributed by atoms with Crippen LogP contribution in [-0.4, -0.2) is 21.8 Å². The van der Waals surface area contributed by atoms with Gasteiger partial charge in [-0.3, -0.25) is 19.6 Å². The minimum Gasteiger partial charge on any atom is -0.366 e. The lowest BCUT2D eigenvalue weighted by Gasteiger charge is -2.20. The number of anilines is 3. The summed E-state index contributed by atoms with van der Waals surface area (Å²) < 4.78 is 0. The first kappa shape index (κ1) is 22.5. The molecule has 7 nitrogen and oxygen atoms in total. The Morgan fingerprint density at radius 3 is 2.29 bits per heavy atom. The van der Waals surface area contributed by atoms with Crippen LogP contribution in [0.1, 0.15) is 42.5 Å². The van der Waals surface area contributed by atoms with Gasteiger partial charge in [0, 0.05) is 47.0 Å². The second-order valence-corrected chi connectivity index (χ2v) is 8.94. The third-order valence-corrected chi connectivity index (χ3v) is 6.51. The summed E-state index contributed by atoms with van der Waals surface area (Å²) in [6, 6.07) is 17.3. The summed E-state index contributed by atoms with van der Waals surface area (Å²) >= 11 is 0. The van der Waals surface area contributed by atoms with Crippen molar-refractivity contribution in [2.24, 2.45) is 11.7 Å². The van der Waals surface area contributed by atoms with Gasteiger partial charge in [0.15, 0.2) is 0 Å². The molecule has 0 atom stereocenters. The fourth-order valence-corrected chi connectivity index (χ4v) is 4.58. The van der Waals surface area contributed by atoms with E-state index in [4.69, 9.17) is 5.73 Å². The smallest absolute Gasteiger partial charge is 0.250 e. The number of pyridine rings is 2. The average Bonchev–Trinajstić information content (AvgIpc) is 2.90. The first-order valence-electron chi connectivity index (χ1n) is 11.9. The molecule has 0 radical (unpaired) electrons. The third-order valence-electron chi connectivity index (χ3n) is 6.51. The van der Waals surface area contributed by atoms with Gasteiger partial charge in [-0.05, 0) is 78.6 Å². The number of nitrogens with zero attached hydrogens (tertiary/aromatic N) is 2. The molecular formula is C28H27N5O2. The Morgan fingerprint density at radius 1 is 0.857 bits per heavy atom. The largest absolute Gasteiger partial charge is 0.366 e. The van der Waals surface area contributed by atoms with E-state index in [9.17, 15) is 9.59 Å². The van der Waals surface area contributed by atoms with Gasteiger partial charge in [-0.15, -0.1) is 0 Å². The monoisotopic (exact) mass is 465 g/mol. The van der Waals surface area contributed by atoms with Crippen LogP contribution in [0.3, 0.4) is 0 Å². The molecule has 0 unspecified atom stereocenters. The summed E-state index contributed by atoms with van der Waals surface area (Å²) in [5, 5.41) is 7.28. The lowest BCUT2D eigenvalue weighted by atomic mass is 9.88. The van der Waals surface area contributed by atoms with Gasteiger partial charge in [0.05, 0.1) is 11.1 Å². The number of hydrogen-bond acceptors (Lipinski definition) is 5. The molecule has 2 aromatic heterocycles. The number of hydrogen-bond donors (Lipinski definition) is 3. The van der Waals surface area contributed by atoms with Crippen molar-refractivity contribution < 1.29 is 9.59 Å². The summed E-state index contributed by atoms with van der Waals surface area (Å²) in [4.78, 5) is 32.9. The van der Waals surface area contributed by atoms with Crippen molar-refractivity contribution in [3.63, 3.8) is 0 Å². The zero-order chi connectivity index (χ0) is 24.2. The van der Waals surface area contributed by atoms with Gasteiger partial charge in [-0.25, -0.2) is 0 Å². The second-order valence-electron chi connectivity index (χ2n) is 8.94. The molecule has 2 heterocycles. The molecule has 2 amide bonds. The lowest BCUT2D eigenvalue weighted by molar-refractivity contribution is -0.120. The minimum absolute atomic E-state index is 0.103. The summed E-state index contributed by atoms with van der Waals surface area (Å²) in [7, 11) is 0. The molecule has 0 aliphatic heterocycles. The van der Waals surface area contributed by atoms with Gasteiger partial charge in [0.1, 0.15) is 0 Å². The summed E-state index contributed by atoms with van der Waals surface area (Å²) in [6.45, 7) is 0. The summed E-state index contributed by atoms with van der Waals surface area (Å²) in [5.41, 5.74) is 11.0. The van der Waals surface area contributed by atoms with E-state index in [0.717, 1.165) is 64.8 Å². The van der Waals surface area contributed by atoms with E-state index < -0.39 is 5.91 Å². The van der Waals surface area contributed by atoms with Crippen molar-refractivity contribution in [2.45, 2.75) is 32.1 Å². The molecule has 1 saturated carbocycles. The Labute approximate surface area is 203 Å². The highest BCUT2D eigenvalue weighted by atomic mass is 16.2. The Balaban J connectivity index is 1.43. The number of benzene rings is 2. The number of rotatable bonds is 6. The number of carbonyl (C=O) groups is 2. The Hall–Kier alpha value is -4.26. The van der Waals surface area contributed by atoms with Crippen LogP contribution in [0, 0.1) is 5.92 Å². The molecule has 1 aliphatic rings. The van der Waals surface area contributed by atoms with Crippen molar-refractivity contribution >= 4 is 39.8 Å². The fraction of sp³-hybridized carbons (Fsp3) is 0.214. The molecule has 4 N–H and O–H groups in total. The van der Waals surface area contributed by atoms with Crippen LogP contribution < -0.4 is 16.4 Å². The molecule has 1 aliphatic carbocycles. The highest BCUT2D eigenvalue weighted by Crippen LogP contribution is 2.33. The van der Waals surface area contributed by atoms with E-state index >= 15 is 0 Å². The van der Waals surface area contributed by atoms with Crippen LogP contribution in [0.2, 0.25) is 0 Å². The number of aromatic nitrogens is 2. The predicted octanol–water partition coefficient (Wildman–Crippen LogP) is 5.66.